The maximum absolute atomic E-state index is 7.50. The van der Waals surface area contributed by atoms with Crippen LogP contribution < -0.4 is 0 Å². The number of hydrogen-bond donors (Lipinski definition) is 0. The van der Waals surface area contributed by atoms with E-state index in [1.165, 1.54) is 0 Å². The van der Waals surface area contributed by atoms with Gasteiger partial charge in [0, 0.05) is 79.2 Å². The Balaban J connectivity index is -0.00000000267. The molecule has 32 heavy (non-hydrogen) atoms. The van der Waals surface area contributed by atoms with Gasteiger partial charge in [-0.15, -0.1) is 0 Å². The Morgan fingerprint density at radius 1 is 0.156 bits per heavy atom. The van der Waals surface area contributed by atoms with Gasteiger partial charge in [0.25, 0.3) is 0 Å². The van der Waals surface area contributed by atoms with Crippen molar-refractivity contribution in [1.82, 2.24) is 0 Å². The van der Waals surface area contributed by atoms with Gasteiger partial charge in [0.1, 0.15) is 0 Å². The second-order valence-electron chi connectivity index (χ2n) is 0. The standard InChI is InChI=1S/12CO.4H2O.4Os/c12*1-2;;;;;;;;/h;;;;;;;;;;;;4*1H2;;;;. The molecule has 0 aromatic carbocycles. The van der Waals surface area contributed by atoms with Gasteiger partial charge in [-0.05, 0) is 0 Å². The molecule has 0 radical (unpaired) electrons. The number of hydrogen-bond acceptors (Lipinski definition) is 0. The van der Waals surface area contributed by atoms with Crippen molar-refractivity contribution in [3.05, 3.63) is 79.8 Å². The van der Waals surface area contributed by atoms with Crippen LogP contribution in [-0.2, 0) is 135 Å². The smallest absolute Gasteiger partial charge is 0 e. The Labute approximate surface area is 235 Å². The van der Waals surface area contributed by atoms with Crippen molar-refractivity contribution in [3.8, 4) is 0 Å². The van der Waals surface area contributed by atoms with Crippen molar-refractivity contribution in [3.63, 3.8) is 0 Å². The predicted molar refractivity (Wildman–Crippen MR) is 61.6 cm³/mol. The van der Waals surface area contributed by atoms with Gasteiger partial charge < -0.3 is 21.9 Å². The molecule has 0 saturated heterocycles. The van der Waals surface area contributed by atoms with Gasteiger partial charge in [-0.3, -0.25) is 0 Å². The van der Waals surface area contributed by atoms with Crippen LogP contribution in [0.1, 0.15) is 0 Å². The largest absolute Gasteiger partial charge is 0 e. The summed E-state index contributed by atoms with van der Waals surface area (Å²) in [4.78, 5) is 0. The molecule has 0 rings (SSSR count). The summed E-state index contributed by atoms with van der Waals surface area (Å²) in [6.45, 7) is 54.0. The zero-order valence-corrected chi connectivity index (χ0v) is 24.5. The minimum absolute atomic E-state index is 0. The Morgan fingerprint density at radius 3 is 0.156 bits per heavy atom. The van der Waals surface area contributed by atoms with Gasteiger partial charge in [0.05, 0.1) is 0 Å². The summed E-state index contributed by atoms with van der Waals surface area (Å²) < 4.78 is 90.0. The molecular weight excluding hydrogens is 1160 g/mol. The fourth-order valence-electron chi connectivity index (χ4n) is 0. The van der Waals surface area contributed by atoms with Crippen molar-refractivity contribution in [2.45, 2.75) is 0 Å². The third kappa shape index (κ3) is 43300. The first kappa shape index (κ1) is 226. The summed E-state index contributed by atoms with van der Waals surface area (Å²) >= 11 is 0. The van der Waals surface area contributed by atoms with Crippen molar-refractivity contribution < 1.29 is 157 Å². The van der Waals surface area contributed by atoms with Gasteiger partial charge in [0.2, 0.25) is 0 Å². The van der Waals surface area contributed by atoms with E-state index >= 15 is 0 Å². The molecule has 8 N–H and O–H groups in total. The first-order valence-corrected chi connectivity index (χ1v) is 2.45. The number of rotatable bonds is 0. The summed E-state index contributed by atoms with van der Waals surface area (Å²) in [6.07, 6.45) is 0. The monoisotopic (exact) mass is 1180 g/mol. The molecule has 0 atom stereocenters. The zero-order chi connectivity index (χ0) is 24.0. The van der Waals surface area contributed by atoms with E-state index < -0.39 is 0 Å². The Hall–Kier alpha value is -0.735. The fourth-order valence-corrected chi connectivity index (χ4v) is 0. The maximum atomic E-state index is 7.50. The van der Waals surface area contributed by atoms with Crippen LogP contribution in [0.25, 0.3) is 0 Å². The van der Waals surface area contributed by atoms with Gasteiger partial charge in [0.15, 0.2) is 0 Å². The minimum atomic E-state index is 0. The first-order chi connectivity index (χ1) is 12.0. The molecule has 184 valence electrons. The molecule has 0 aliphatic rings. The molecule has 0 heterocycles. The van der Waals surface area contributed by atoms with Crippen LogP contribution in [0.15, 0.2) is 0 Å². The summed E-state index contributed by atoms with van der Waals surface area (Å²) in [7, 11) is 0. The Kier molecular flexibility index (Phi) is 339000. The first-order valence-electron chi connectivity index (χ1n) is 2.45. The third-order valence-corrected chi connectivity index (χ3v) is 0. The molecule has 0 amide bonds. The summed E-state index contributed by atoms with van der Waals surface area (Å²) in [6, 6.07) is 0. The van der Waals surface area contributed by atoms with Crippen LogP contribution >= 0.6 is 0 Å². The van der Waals surface area contributed by atoms with E-state index in [2.05, 4.69) is 79.8 Å². The molecule has 0 unspecified atom stereocenters. The molecule has 0 aromatic rings. The summed E-state index contributed by atoms with van der Waals surface area (Å²) in [5.74, 6) is 0. The van der Waals surface area contributed by atoms with Gasteiger partial charge >= 0.3 is 136 Å². The van der Waals surface area contributed by atoms with Crippen LogP contribution in [0.2, 0.25) is 0 Å². The Bertz CT molecular complexity index is 231. The molecule has 0 aliphatic heterocycles. The molecular formula is C12H8O16Os4. The van der Waals surface area contributed by atoms with E-state index in [-0.39, 0.29) is 101 Å². The van der Waals surface area contributed by atoms with Crippen molar-refractivity contribution in [2.75, 3.05) is 0 Å². The molecule has 0 aliphatic carbocycles. The minimum Gasteiger partial charge on any atom is 0 e. The van der Waals surface area contributed by atoms with Gasteiger partial charge in [-0.2, -0.15) is 0 Å². The van der Waals surface area contributed by atoms with Crippen molar-refractivity contribution in [1.29, 1.82) is 0 Å². The normalized spacial score (nSPS) is 0.750. The Morgan fingerprint density at radius 2 is 0.156 bits per heavy atom. The zero-order valence-electron chi connectivity index (χ0n) is 14.3. The van der Waals surface area contributed by atoms with E-state index in [1.54, 1.807) is 0 Å². The quantitative estimate of drug-likeness (QED) is 0.167. The van der Waals surface area contributed by atoms with Crippen LogP contribution in [0.5, 0.6) is 0 Å². The van der Waals surface area contributed by atoms with Crippen molar-refractivity contribution in [2.24, 2.45) is 0 Å². The van der Waals surface area contributed by atoms with Crippen LogP contribution in [0.3, 0.4) is 0 Å². The third-order valence-electron chi connectivity index (χ3n) is 0. The van der Waals surface area contributed by atoms with E-state index in [9.17, 15) is 0 Å². The van der Waals surface area contributed by atoms with Gasteiger partial charge in [-0.25, -0.2) is 0 Å². The topological polar surface area (TPSA) is 365 Å². The molecule has 0 spiro atoms. The van der Waals surface area contributed by atoms with Crippen LogP contribution in [0.4, 0.5) is 0 Å². The van der Waals surface area contributed by atoms with Crippen molar-refractivity contribution >= 4 is 0 Å². The van der Waals surface area contributed by atoms with Crippen LogP contribution in [-0.4, -0.2) is 21.9 Å². The van der Waals surface area contributed by atoms with E-state index in [1.807, 2.05) is 0 Å². The summed E-state index contributed by atoms with van der Waals surface area (Å²) in [5.41, 5.74) is 0. The van der Waals surface area contributed by atoms with E-state index in [4.69, 9.17) is 55.8 Å². The molecule has 20 heteroatoms. The molecule has 0 aromatic heterocycles. The second-order valence-corrected chi connectivity index (χ2v) is 0. The van der Waals surface area contributed by atoms with Crippen LogP contribution in [0, 0.1) is 79.8 Å². The maximum Gasteiger partial charge on any atom is 0 e. The molecule has 0 bridgehead atoms. The molecule has 0 fully saturated rings. The van der Waals surface area contributed by atoms with Gasteiger partial charge in [-0.1, -0.05) is 0 Å². The SMILES string of the molecule is O.O.O.O.[C-]#[O+].[C-]#[O+].[C-]#[O+].[C-]#[O+].[C-]#[O+].[C-]#[O+].[C-]#[O+].[C-]#[O+].[C-]#[O+].[C-]#[O+].[C-]#[O+].[C-]#[O+].[Os].[Os].[Os].[Os]. The molecule has 0 saturated carbocycles. The average Bonchev–Trinajstić information content (AvgIpc) is 2.84. The molecule has 16 nitrogen and oxygen atoms in total. The summed E-state index contributed by atoms with van der Waals surface area (Å²) in [5, 5.41) is 0. The average molecular weight is 1170 g/mol. The fraction of sp³-hybridized carbons (Fsp3) is 0. The predicted octanol–water partition coefficient (Wildman–Crippen LogP) is -3.76. The van der Waals surface area contributed by atoms with E-state index in [0.717, 1.165) is 0 Å². The second kappa shape index (κ2) is 48000. The van der Waals surface area contributed by atoms with E-state index in [0.29, 0.717) is 0 Å².